The van der Waals surface area contributed by atoms with Gasteiger partial charge >= 0.3 is 6.18 Å². The second kappa shape index (κ2) is 9.28. The first-order valence-electron chi connectivity index (χ1n) is 11.7. The second-order valence-corrected chi connectivity index (χ2v) is 8.96. The Kier molecular flexibility index (Phi) is 6.17. The van der Waals surface area contributed by atoms with Gasteiger partial charge in [-0.15, -0.1) is 0 Å². The highest BCUT2D eigenvalue weighted by atomic mass is 19.4. The number of pyridine rings is 2. The normalized spacial score (nSPS) is 17.8. The van der Waals surface area contributed by atoms with Crippen LogP contribution in [-0.2, 0) is 17.4 Å². The first kappa shape index (κ1) is 23.3. The molecule has 2 aromatic heterocycles. The summed E-state index contributed by atoms with van der Waals surface area (Å²) in [7, 11) is 0. The number of aryl methyl sites for hydroxylation is 1. The standard InChI is InChI=1S/C26H24F4N4O/c27-21-8-7-17(26(28,29)30)14-20(21)22-9-6-16-4-3-5-19(24(16)33-22)25(35)32-18-10-11-31-23(15-18)34-12-1-2-13-34/h6-11,14-15,19H,1-5,12-13H2,(H,31,32,35). The van der Waals surface area contributed by atoms with Gasteiger partial charge in [0.2, 0.25) is 5.91 Å². The van der Waals surface area contributed by atoms with E-state index in [-0.39, 0.29) is 17.2 Å². The van der Waals surface area contributed by atoms with Gasteiger partial charge in [0.25, 0.3) is 0 Å². The van der Waals surface area contributed by atoms with E-state index in [4.69, 9.17) is 0 Å². The summed E-state index contributed by atoms with van der Waals surface area (Å²) >= 11 is 0. The van der Waals surface area contributed by atoms with Crippen LogP contribution in [0.15, 0.2) is 48.7 Å². The molecule has 1 saturated heterocycles. The van der Waals surface area contributed by atoms with Gasteiger partial charge in [-0.05, 0) is 68.0 Å². The molecule has 1 atom stereocenters. The van der Waals surface area contributed by atoms with Gasteiger partial charge in [-0.25, -0.2) is 9.37 Å². The van der Waals surface area contributed by atoms with Gasteiger partial charge in [-0.3, -0.25) is 9.78 Å². The SMILES string of the molecule is O=C(Nc1ccnc(N2CCCC2)c1)C1CCCc2ccc(-c3cc(C(F)(F)F)ccc3F)nc21. The summed E-state index contributed by atoms with van der Waals surface area (Å²) in [5.41, 5.74) is 0.842. The smallest absolute Gasteiger partial charge is 0.357 e. The van der Waals surface area contributed by atoms with Crippen molar-refractivity contribution in [2.45, 2.75) is 44.2 Å². The molecule has 5 nitrogen and oxygen atoms in total. The van der Waals surface area contributed by atoms with Crippen LogP contribution < -0.4 is 10.2 Å². The van der Waals surface area contributed by atoms with Crippen molar-refractivity contribution in [2.75, 3.05) is 23.3 Å². The van der Waals surface area contributed by atoms with Crippen LogP contribution in [0.3, 0.4) is 0 Å². The lowest BCUT2D eigenvalue weighted by Crippen LogP contribution is -2.26. The topological polar surface area (TPSA) is 58.1 Å². The molecular weight excluding hydrogens is 460 g/mol. The van der Waals surface area contributed by atoms with Crippen molar-refractivity contribution in [1.29, 1.82) is 0 Å². The molecule has 0 spiro atoms. The Morgan fingerprint density at radius 2 is 1.83 bits per heavy atom. The van der Waals surface area contributed by atoms with Gasteiger partial charge in [0.15, 0.2) is 0 Å². The highest BCUT2D eigenvalue weighted by Gasteiger charge is 2.32. The van der Waals surface area contributed by atoms with Crippen LogP contribution >= 0.6 is 0 Å². The molecular formula is C26H24F4N4O. The van der Waals surface area contributed by atoms with Crippen molar-refractivity contribution < 1.29 is 22.4 Å². The summed E-state index contributed by atoms with van der Waals surface area (Å²) in [6.45, 7) is 1.86. The minimum atomic E-state index is -4.60. The summed E-state index contributed by atoms with van der Waals surface area (Å²) < 4.78 is 54.1. The zero-order valence-corrected chi connectivity index (χ0v) is 18.9. The molecule has 3 heterocycles. The molecule has 1 aromatic carbocycles. The van der Waals surface area contributed by atoms with Crippen molar-refractivity contribution in [3.63, 3.8) is 0 Å². The third-order valence-electron chi connectivity index (χ3n) is 6.61. The molecule has 35 heavy (non-hydrogen) atoms. The van der Waals surface area contributed by atoms with Crippen LogP contribution in [0.2, 0.25) is 0 Å². The van der Waals surface area contributed by atoms with Crippen molar-refractivity contribution in [1.82, 2.24) is 9.97 Å². The van der Waals surface area contributed by atoms with E-state index in [9.17, 15) is 22.4 Å². The van der Waals surface area contributed by atoms with Gasteiger partial charge in [0.05, 0.1) is 22.9 Å². The van der Waals surface area contributed by atoms with Gasteiger partial charge in [0.1, 0.15) is 11.6 Å². The summed E-state index contributed by atoms with van der Waals surface area (Å²) in [4.78, 5) is 24.3. The maximum atomic E-state index is 14.5. The average molecular weight is 484 g/mol. The van der Waals surface area contributed by atoms with E-state index in [2.05, 4.69) is 20.2 Å². The second-order valence-electron chi connectivity index (χ2n) is 8.96. The number of carbonyl (C=O) groups excluding carboxylic acids is 1. The molecule has 1 N–H and O–H groups in total. The quantitative estimate of drug-likeness (QED) is 0.465. The molecule has 1 aliphatic carbocycles. The van der Waals surface area contributed by atoms with Crippen LogP contribution in [0.25, 0.3) is 11.3 Å². The molecule has 3 aromatic rings. The highest BCUT2D eigenvalue weighted by molar-refractivity contribution is 5.96. The lowest BCUT2D eigenvalue weighted by atomic mass is 9.85. The molecule has 1 aliphatic heterocycles. The number of alkyl halides is 3. The highest BCUT2D eigenvalue weighted by Crippen LogP contribution is 2.36. The predicted octanol–water partition coefficient (Wildman–Crippen LogP) is 5.96. The largest absolute Gasteiger partial charge is 0.416 e. The first-order chi connectivity index (χ1) is 16.8. The van der Waals surface area contributed by atoms with E-state index < -0.39 is 23.5 Å². The molecule has 1 unspecified atom stereocenters. The Morgan fingerprint density at radius 1 is 1.03 bits per heavy atom. The van der Waals surface area contributed by atoms with Crippen LogP contribution in [0.1, 0.15) is 48.4 Å². The Hall–Kier alpha value is -3.49. The molecule has 1 fully saturated rings. The van der Waals surface area contributed by atoms with Gasteiger partial charge in [-0.2, -0.15) is 13.2 Å². The number of benzene rings is 1. The number of nitrogens with zero attached hydrogens (tertiary/aromatic N) is 3. The maximum Gasteiger partial charge on any atom is 0.416 e. The van der Waals surface area contributed by atoms with Crippen LogP contribution in [0.5, 0.6) is 0 Å². The van der Waals surface area contributed by atoms with E-state index in [1.165, 1.54) is 6.07 Å². The zero-order valence-electron chi connectivity index (χ0n) is 18.9. The molecule has 0 radical (unpaired) electrons. The van der Waals surface area contributed by atoms with Crippen molar-refractivity contribution in [3.05, 3.63) is 71.3 Å². The van der Waals surface area contributed by atoms with E-state index in [1.807, 2.05) is 6.07 Å². The van der Waals surface area contributed by atoms with Crippen molar-refractivity contribution in [3.8, 4) is 11.3 Å². The van der Waals surface area contributed by atoms with Gasteiger partial charge < -0.3 is 10.2 Å². The maximum absolute atomic E-state index is 14.5. The molecule has 5 rings (SSSR count). The minimum Gasteiger partial charge on any atom is -0.357 e. The van der Waals surface area contributed by atoms with Crippen LogP contribution in [-0.4, -0.2) is 29.0 Å². The lowest BCUT2D eigenvalue weighted by Gasteiger charge is -2.25. The lowest BCUT2D eigenvalue weighted by molar-refractivity contribution is -0.137. The number of aromatic nitrogens is 2. The number of hydrogen-bond acceptors (Lipinski definition) is 4. The summed E-state index contributed by atoms with van der Waals surface area (Å²) in [5, 5.41) is 2.95. The van der Waals surface area contributed by atoms with Crippen molar-refractivity contribution >= 4 is 17.4 Å². The summed E-state index contributed by atoms with van der Waals surface area (Å²) in [6.07, 6.45) is 1.30. The predicted molar refractivity (Wildman–Crippen MR) is 125 cm³/mol. The molecule has 1 amide bonds. The Labute approximate surface area is 200 Å². The third-order valence-corrected chi connectivity index (χ3v) is 6.61. The van der Waals surface area contributed by atoms with E-state index in [1.54, 1.807) is 18.3 Å². The average Bonchev–Trinajstić information content (AvgIpc) is 3.38. The monoisotopic (exact) mass is 484 g/mol. The van der Waals surface area contributed by atoms with Crippen molar-refractivity contribution in [2.24, 2.45) is 0 Å². The molecule has 182 valence electrons. The fourth-order valence-electron chi connectivity index (χ4n) is 4.80. The molecule has 2 aliphatic rings. The number of halogens is 4. The Morgan fingerprint density at radius 3 is 2.60 bits per heavy atom. The fraction of sp³-hybridized carbons (Fsp3) is 0.346. The zero-order chi connectivity index (χ0) is 24.6. The van der Waals surface area contributed by atoms with E-state index in [0.29, 0.717) is 30.3 Å². The fourth-order valence-corrected chi connectivity index (χ4v) is 4.80. The number of anilines is 2. The minimum absolute atomic E-state index is 0.0762. The number of nitrogens with one attached hydrogen (secondary N) is 1. The Balaban J connectivity index is 1.43. The number of fused-ring (bicyclic) bond motifs is 1. The van der Waals surface area contributed by atoms with Crippen LogP contribution in [0.4, 0.5) is 29.1 Å². The number of carbonyl (C=O) groups is 1. The molecule has 0 saturated carbocycles. The van der Waals surface area contributed by atoms with E-state index in [0.717, 1.165) is 55.9 Å². The van der Waals surface area contributed by atoms with Gasteiger partial charge in [-0.1, -0.05) is 6.07 Å². The first-order valence-corrected chi connectivity index (χ1v) is 11.7. The third kappa shape index (κ3) is 4.85. The van der Waals surface area contributed by atoms with Crippen LogP contribution in [0, 0.1) is 5.82 Å². The summed E-state index contributed by atoms with van der Waals surface area (Å²) in [5.74, 6) is -0.826. The summed E-state index contributed by atoms with van der Waals surface area (Å²) in [6, 6.07) is 9.08. The molecule has 0 bridgehead atoms. The van der Waals surface area contributed by atoms with Gasteiger partial charge in [0, 0.05) is 36.6 Å². The number of amides is 1. The Bertz CT molecular complexity index is 1250. The number of rotatable bonds is 4. The molecule has 9 heteroatoms. The van der Waals surface area contributed by atoms with E-state index >= 15 is 0 Å². The number of hydrogen-bond donors (Lipinski definition) is 1.